The summed E-state index contributed by atoms with van der Waals surface area (Å²) in [5.41, 5.74) is 0.765. The van der Waals surface area contributed by atoms with Crippen molar-refractivity contribution in [1.82, 2.24) is 14.9 Å². The van der Waals surface area contributed by atoms with Gasteiger partial charge in [0.1, 0.15) is 12.1 Å². The molecule has 3 heterocycles. The molecular formula is C17H26N4O. The van der Waals surface area contributed by atoms with E-state index in [-0.39, 0.29) is 0 Å². The van der Waals surface area contributed by atoms with Crippen molar-refractivity contribution < 1.29 is 5.11 Å². The highest BCUT2D eigenvalue weighted by Crippen LogP contribution is 2.37. The monoisotopic (exact) mass is 302 g/mol. The molecule has 2 unspecified atom stereocenters. The van der Waals surface area contributed by atoms with E-state index in [0.717, 1.165) is 63.2 Å². The van der Waals surface area contributed by atoms with Crippen molar-refractivity contribution in [2.45, 2.75) is 38.2 Å². The number of hydrogen-bond donors (Lipinski definition) is 1. The van der Waals surface area contributed by atoms with E-state index in [4.69, 9.17) is 0 Å². The topological polar surface area (TPSA) is 52.5 Å². The van der Waals surface area contributed by atoms with Gasteiger partial charge in [0.15, 0.2) is 0 Å². The second-order valence-electron chi connectivity index (χ2n) is 7.58. The second-order valence-corrected chi connectivity index (χ2v) is 7.58. The van der Waals surface area contributed by atoms with Crippen LogP contribution in [0.1, 0.15) is 31.2 Å². The summed E-state index contributed by atoms with van der Waals surface area (Å²) >= 11 is 0. The number of β-amino-alcohol motifs (C(OH)–C–C–N with tert-alkyl or cyclic N) is 1. The van der Waals surface area contributed by atoms with Crippen LogP contribution in [0.5, 0.6) is 0 Å². The number of nitrogens with zero attached hydrogens (tertiary/aromatic N) is 4. The van der Waals surface area contributed by atoms with Gasteiger partial charge in [-0.1, -0.05) is 12.8 Å². The Hall–Kier alpha value is -1.20. The molecule has 2 aliphatic heterocycles. The molecule has 3 fully saturated rings. The summed E-state index contributed by atoms with van der Waals surface area (Å²) in [5, 5.41) is 10.6. The minimum Gasteiger partial charge on any atom is -0.389 e. The molecule has 22 heavy (non-hydrogen) atoms. The first-order chi connectivity index (χ1) is 10.6. The highest BCUT2D eigenvalue weighted by Gasteiger charge is 2.43. The smallest absolute Gasteiger partial charge is 0.134 e. The zero-order valence-corrected chi connectivity index (χ0v) is 13.4. The van der Waals surface area contributed by atoms with Gasteiger partial charge < -0.3 is 10.0 Å². The van der Waals surface area contributed by atoms with Crippen molar-refractivity contribution >= 4 is 5.82 Å². The van der Waals surface area contributed by atoms with E-state index in [0.29, 0.717) is 0 Å². The van der Waals surface area contributed by atoms with Crippen LogP contribution < -0.4 is 4.90 Å². The number of rotatable bonds is 3. The van der Waals surface area contributed by atoms with Crippen molar-refractivity contribution in [3.63, 3.8) is 0 Å². The van der Waals surface area contributed by atoms with Gasteiger partial charge >= 0.3 is 0 Å². The summed E-state index contributed by atoms with van der Waals surface area (Å²) < 4.78 is 0. The summed E-state index contributed by atoms with van der Waals surface area (Å²) in [6.07, 6.45) is 7.92. The zero-order valence-electron chi connectivity index (χ0n) is 13.4. The van der Waals surface area contributed by atoms with Crippen LogP contribution in [-0.2, 0) is 0 Å². The molecule has 5 heteroatoms. The summed E-state index contributed by atoms with van der Waals surface area (Å²) in [6, 6.07) is 0. The Kier molecular flexibility index (Phi) is 3.57. The lowest BCUT2D eigenvalue weighted by Gasteiger charge is -2.30. The molecule has 1 aromatic rings. The Morgan fingerprint density at radius 3 is 2.50 bits per heavy atom. The quantitative estimate of drug-likeness (QED) is 0.916. The van der Waals surface area contributed by atoms with Gasteiger partial charge in [0.25, 0.3) is 0 Å². The molecular weight excluding hydrogens is 276 g/mol. The molecule has 120 valence electrons. The molecule has 0 spiro atoms. The van der Waals surface area contributed by atoms with Crippen LogP contribution in [0.15, 0.2) is 12.5 Å². The third-order valence-corrected chi connectivity index (χ3v) is 5.78. The number of aromatic nitrogens is 2. The number of fused-ring (bicyclic) bond motifs is 1. The standard InChI is InChI=1S/C17H26N4O/c1-13-6-18-12-19-16(13)21-9-14-7-20(8-15(14)10-21)11-17(22)4-2-3-5-17/h6,12,14-15,22H,2-5,7-11H2,1H3. The Morgan fingerprint density at radius 2 is 1.86 bits per heavy atom. The minimum atomic E-state index is -0.401. The lowest BCUT2D eigenvalue weighted by molar-refractivity contribution is 0.0141. The molecule has 3 aliphatic rings. The van der Waals surface area contributed by atoms with Gasteiger partial charge in [-0.2, -0.15) is 0 Å². The molecule has 0 bridgehead atoms. The van der Waals surface area contributed by atoms with Crippen LogP contribution in [0.4, 0.5) is 5.82 Å². The number of aliphatic hydroxyl groups is 1. The van der Waals surface area contributed by atoms with E-state index in [1.54, 1.807) is 6.33 Å². The van der Waals surface area contributed by atoms with Gasteiger partial charge in [0, 0.05) is 44.5 Å². The van der Waals surface area contributed by atoms with E-state index >= 15 is 0 Å². The van der Waals surface area contributed by atoms with Crippen LogP contribution in [-0.4, -0.2) is 58.3 Å². The zero-order chi connectivity index (χ0) is 15.2. The molecule has 5 nitrogen and oxygen atoms in total. The van der Waals surface area contributed by atoms with Crippen LogP contribution in [0, 0.1) is 18.8 Å². The third-order valence-electron chi connectivity index (χ3n) is 5.78. The predicted octanol–water partition coefficient (Wildman–Crippen LogP) is 1.46. The van der Waals surface area contributed by atoms with Gasteiger partial charge in [-0.25, -0.2) is 9.97 Å². The molecule has 0 amide bonds. The van der Waals surface area contributed by atoms with Gasteiger partial charge in [-0.15, -0.1) is 0 Å². The molecule has 2 saturated heterocycles. The van der Waals surface area contributed by atoms with Crippen molar-refractivity contribution in [2.24, 2.45) is 11.8 Å². The van der Waals surface area contributed by atoms with E-state index in [1.165, 1.54) is 18.4 Å². The van der Waals surface area contributed by atoms with Crippen molar-refractivity contribution in [3.05, 3.63) is 18.1 Å². The summed E-state index contributed by atoms with van der Waals surface area (Å²) in [7, 11) is 0. The molecule has 0 aromatic carbocycles. The maximum Gasteiger partial charge on any atom is 0.134 e. The molecule has 1 aromatic heterocycles. The summed E-state index contributed by atoms with van der Waals surface area (Å²) in [5.74, 6) is 2.55. The molecule has 4 rings (SSSR count). The van der Waals surface area contributed by atoms with E-state index in [2.05, 4.69) is 26.7 Å². The van der Waals surface area contributed by atoms with Crippen LogP contribution >= 0.6 is 0 Å². The number of hydrogen-bond acceptors (Lipinski definition) is 5. The van der Waals surface area contributed by atoms with E-state index < -0.39 is 5.60 Å². The Bertz CT molecular complexity index is 529. The average Bonchev–Trinajstić information content (AvgIpc) is 3.14. The highest BCUT2D eigenvalue weighted by atomic mass is 16.3. The molecule has 0 radical (unpaired) electrons. The van der Waals surface area contributed by atoms with Crippen molar-refractivity contribution in [1.29, 1.82) is 0 Å². The third kappa shape index (κ3) is 2.61. The highest BCUT2D eigenvalue weighted by molar-refractivity contribution is 5.46. The fraction of sp³-hybridized carbons (Fsp3) is 0.765. The largest absolute Gasteiger partial charge is 0.389 e. The first-order valence-corrected chi connectivity index (χ1v) is 8.59. The summed E-state index contributed by atoms with van der Waals surface area (Å²) in [6.45, 7) is 7.42. The predicted molar refractivity (Wildman–Crippen MR) is 85.8 cm³/mol. The normalized spacial score (nSPS) is 30.9. The maximum atomic E-state index is 10.6. The molecule has 2 atom stereocenters. The number of anilines is 1. The van der Waals surface area contributed by atoms with Gasteiger partial charge in [-0.05, 0) is 31.6 Å². The van der Waals surface area contributed by atoms with Gasteiger partial charge in [0.05, 0.1) is 5.60 Å². The van der Waals surface area contributed by atoms with Crippen LogP contribution in [0.3, 0.4) is 0 Å². The molecule has 1 aliphatic carbocycles. The fourth-order valence-electron chi connectivity index (χ4n) is 4.72. The second kappa shape index (κ2) is 5.46. The molecule has 1 saturated carbocycles. The van der Waals surface area contributed by atoms with E-state index in [9.17, 15) is 5.11 Å². The van der Waals surface area contributed by atoms with Crippen LogP contribution in [0.2, 0.25) is 0 Å². The van der Waals surface area contributed by atoms with Gasteiger partial charge in [-0.3, -0.25) is 4.90 Å². The lowest BCUT2D eigenvalue weighted by Crippen LogP contribution is -2.41. The Balaban J connectivity index is 1.37. The molecule has 1 N–H and O–H groups in total. The average molecular weight is 302 g/mol. The van der Waals surface area contributed by atoms with Crippen molar-refractivity contribution in [2.75, 3.05) is 37.6 Å². The summed E-state index contributed by atoms with van der Waals surface area (Å²) in [4.78, 5) is 13.5. The Labute approximate surface area is 132 Å². The van der Waals surface area contributed by atoms with E-state index in [1.807, 2.05) is 6.20 Å². The fourth-order valence-corrected chi connectivity index (χ4v) is 4.72. The number of aryl methyl sites for hydroxylation is 1. The number of likely N-dealkylation sites (tertiary alicyclic amines) is 1. The first kappa shape index (κ1) is 14.4. The minimum absolute atomic E-state index is 0.401. The van der Waals surface area contributed by atoms with Crippen LogP contribution in [0.25, 0.3) is 0 Å². The van der Waals surface area contributed by atoms with Gasteiger partial charge in [0.2, 0.25) is 0 Å². The van der Waals surface area contributed by atoms with Crippen molar-refractivity contribution in [3.8, 4) is 0 Å². The SMILES string of the molecule is Cc1cncnc1N1CC2CN(CC3(O)CCCC3)CC2C1. The Morgan fingerprint density at radius 1 is 1.18 bits per heavy atom. The lowest BCUT2D eigenvalue weighted by atomic mass is 10.0. The first-order valence-electron chi connectivity index (χ1n) is 8.59. The maximum absolute atomic E-state index is 10.6.